The Morgan fingerprint density at radius 3 is 2.57 bits per heavy atom. The number of nitrogens with one attached hydrogen (secondary N) is 1. The van der Waals surface area contributed by atoms with Crippen molar-refractivity contribution in [3.8, 4) is 0 Å². The van der Waals surface area contributed by atoms with Crippen molar-refractivity contribution in [3.05, 3.63) is 35.4 Å². The van der Waals surface area contributed by atoms with Crippen LogP contribution in [0.1, 0.15) is 64.9 Å². The second-order valence-corrected chi connectivity index (χ2v) is 6.16. The molecule has 0 spiro atoms. The van der Waals surface area contributed by atoms with Gasteiger partial charge >= 0.3 is 0 Å². The third-order valence-corrected chi connectivity index (χ3v) is 4.71. The Bertz CT molecular complexity index is 524. The molecule has 1 N–H and O–H groups in total. The van der Waals surface area contributed by atoms with E-state index in [9.17, 15) is 4.79 Å². The van der Waals surface area contributed by atoms with Gasteiger partial charge in [-0.1, -0.05) is 43.9 Å². The number of benzene rings is 1. The molecular weight excluding hydrogens is 258 g/mol. The topological polar surface area (TPSA) is 29.1 Å². The second kappa shape index (κ2) is 7.44. The molecule has 1 aromatic carbocycles. The van der Waals surface area contributed by atoms with Crippen LogP contribution in [0.2, 0.25) is 0 Å². The Kier molecular flexibility index (Phi) is 5.60. The maximum Gasteiger partial charge on any atom is 0.227 e. The van der Waals surface area contributed by atoms with Crippen LogP contribution < -0.4 is 5.32 Å². The Morgan fingerprint density at radius 2 is 1.90 bits per heavy atom. The molecule has 2 nitrogen and oxygen atoms in total. The summed E-state index contributed by atoms with van der Waals surface area (Å²) in [5, 5.41) is 3.10. The Balaban J connectivity index is 2.09. The van der Waals surface area contributed by atoms with Crippen molar-refractivity contribution >= 4 is 17.2 Å². The Labute approximate surface area is 128 Å². The zero-order valence-corrected chi connectivity index (χ0v) is 13.5. The van der Waals surface area contributed by atoms with Crippen molar-refractivity contribution in [3.63, 3.8) is 0 Å². The second-order valence-electron chi connectivity index (χ2n) is 6.16. The van der Waals surface area contributed by atoms with E-state index in [1.165, 1.54) is 36.0 Å². The maximum atomic E-state index is 12.3. The minimum atomic E-state index is 0.195. The van der Waals surface area contributed by atoms with Crippen LogP contribution in [0.15, 0.2) is 29.8 Å². The molecule has 1 amide bonds. The van der Waals surface area contributed by atoms with Gasteiger partial charge in [0.05, 0.1) is 0 Å². The first-order valence-electron chi connectivity index (χ1n) is 8.19. The molecule has 2 heteroatoms. The Morgan fingerprint density at radius 1 is 1.19 bits per heavy atom. The van der Waals surface area contributed by atoms with Crippen molar-refractivity contribution in [2.24, 2.45) is 5.92 Å². The molecular formula is C19H27NO. The van der Waals surface area contributed by atoms with E-state index in [1.807, 2.05) is 12.1 Å². The van der Waals surface area contributed by atoms with E-state index in [2.05, 4.69) is 38.2 Å². The van der Waals surface area contributed by atoms with Crippen molar-refractivity contribution < 1.29 is 4.79 Å². The predicted molar refractivity (Wildman–Crippen MR) is 90.2 cm³/mol. The highest BCUT2D eigenvalue weighted by atomic mass is 16.1. The van der Waals surface area contributed by atoms with Crippen molar-refractivity contribution in [2.75, 3.05) is 5.32 Å². The fraction of sp³-hybridized carbons (Fsp3) is 0.526. The van der Waals surface area contributed by atoms with E-state index >= 15 is 0 Å². The van der Waals surface area contributed by atoms with E-state index in [0.29, 0.717) is 0 Å². The molecule has 2 rings (SSSR count). The van der Waals surface area contributed by atoms with Crippen LogP contribution in [-0.2, 0) is 4.79 Å². The standard InChI is InChI=1S/C19H27NO/c1-4-14(2)15(3)17-11-8-12-18(13-17)20-19(21)16-9-6-5-7-10-16/h8,11-13,16H,4-7,9-10H2,1-3H3,(H,20,21)/b15-14-. The van der Waals surface area contributed by atoms with Crippen LogP contribution in [-0.4, -0.2) is 5.91 Å². The van der Waals surface area contributed by atoms with Gasteiger partial charge in [-0.25, -0.2) is 0 Å². The summed E-state index contributed by atoms with van der Waals surface area (Å²) in [5.41, 5.74) is 4.83. The van der Waals surface area contributed by atoms with E-state index in [-0.39, 0.29) is 11.8 Å². The first-order valence-corrected chi connectivity index (χ1v) is 8.19. The highest BCUT2D eigenvalue weighted by molar-refractivity contribution is 5.93. The van der Waals surface area contributed by atoms with Crippen molar-refractivity contribution in [1.82, 2.24) is 0 Å². The highest BCUT2D eigenvalue weighted by Crippen LogP contribution is 2.26. The maximum absolute atomic E-state index is 12.3. The van der Waals surface area contributed by atoms with Gasteiger partial charge in [0.2, 0.25) is 5.91 Å². The zero-order chi connectivity index (χ0) is 15.2. The molecule has 0 bridgehead atoms. The van der Waals surface area contributed by atoms with Crippen LogP contribution in [0.5, 0.6) is 0 Å². The van der Waals surface area contributed by atoms with Crippen molar-refractivity contribution in [2.45, 2.75) is 59.3 Å². The van der Waals surface area contributed by atoms with Gasteiger partial charge in [-0.05, 0) is 56.4 Å². The van der Waals surface area contributed by atoms with Crippen LogP contribution in [0.25, 0.3) is 5.57 Å². The molecule has 0 radical (unpaired) electrons. The fourth-order valence-corrected chi connectivity index (χ4v) is 2.95. The molecule has 0 heterocycles. The lowest BCUT2D eigenvalue weighted by Gasteiger charge is -2.21. The van der Waals surface area contributed by atoms with Gasteiger partial charge in [-0.3, -0.25) is 4.79 Å². The van der Waals surface area contributed by atoms with Crippen LogP contribution in [0, 0.1) is 5.92 Å². The highest BCUT2D eigenvalue weighted by Gasteiger charge is 2.21. The summed E-state index contributed by atoms with van der Waals surface area (Å²) in [6, 6.07) is 8.22. The quantitative estimate of drug-likeness (QED) is 0.787. The SMILES string of the molecule is CC/C(C)=C(/C)c1cccc(NC(=O)C2CCCCC2)c1. The van der Waals surface area contributed by atoms with E-state index in [1.54, 1.807) is 0 Å². The number of allylic oxidation sites excluding steroid dienone is 2. The summed E-state index contributed by atoms with van der Waals surface area (Å²) in [7, 11) is 0. The molecule has 1 aliphatic carbocycles. The fourth-order valence-electron chi connectivity index (χ4n) is 2.95. The van der Waals surface area contributed by atoms with Gasteiger partial charge < -0.3 is 5.32 Å². The number of hydrogen-bond acceptors (Lipinski definition) is 1. The summed E-state index contributed by atoms with van der Waals surface area (Å²) in [6.07, 6.45) is 6.80. The number of carbonyl (C=O) groups is 1. The third kappa shape index (κ3) is 4.20. The molecule has 0 saturated heterocycles. The predicted octanol–water partition coefficient (Wildman–Crippen LogP) is 5.41. The molecule has 1 aliphatic rings. The lowest BCUT2D eigenvalue weighted by atomic mass is 9.88. The van der Waals surface area contributed by atoms with E-state index < -0.39 is 0 Å². The molecule has 0 aromatic heterocycles. The molecule has 1 saturated carbocycles. The molecule has 0 atom stereocenters. The molecule has 1 fully saturated rings. The van der Waals surface area contributed by atoms with Gasteiger partial charge in [0.1, 0.15) is 0 Å². The monoisotopic (exact) mass is 285 g/mol. The minimum Gasteiger partial charge on any atom is -0.326 e. The average Bonchev–Trinajstić information content (AvgIpc) is 2.54. The largest absolute Gasteiger partial charge is 0.326 e. The van der Waals surface area contributed by atoms with Crippen molar-refractivity contribution in [1.29, 1.82) is 0 Å². The van der Waals surface area contributed by atoms with Gasteiger partial charge in [-0.2, -0.15) is 0 Å². The molecule has 0 aliphatic heterocycles. The zero-order valence-electron chi connectivity index (χ0n) is 13.5. The first-order chi connectivity index (χ1) is 10.1. The van der Waals surface area contributed by atoms with E-state index in [0.717, 1.165) is 24.9 Å². The summed E-state index contributed by atoms with van der Waals surface area (Å²) in [5.74, 6) is 0.400. The molecule has 1 aromatic rings. The number of hydrogen-bond donors (Lipinski definition) is 1. The number of amides is 1. The average molecular weight is 285 g/mol. The van der Waals surface area contributed by atoms with Gasteiger partial charge in [-0.15, -0.1) is 0 Å². The first kappa shape index (κ1) is 15.8. The van der Waals surface area contributed by atoms with Gasteiger partial charge in [0.25, 0.3) is 0 Å². The van der Waals surface area contributed by atoms with Crippen LogP contribution in [0.3, 0.4) is 0 Å². The number of carbonyl (C=O) groups excluding carboxylic acids is 1. The summed E-state index contributed by atoms with van der Waals surface area (Å²) >= 11 is 0. The lowest BCUT2D eigenvalue weighted by Crippen LogP contribution is -2.24. The number of anilines is 1. The van der Waals surface area contributed by atoms with E-state index in [4.69, 9.17) is 0 Å². The Hall–Kier alpha value is -1.57. The summed E-state index contributed by atoms with van der Waals surface area (Å²) in [6.45, 7) is 6.50. The third-order valence-electron chi connectivity index (χ3n) is 4.71. The molecule has 0 unspecified atom stereocenters. The summed E-state index contributed by atoms with van der Waals surface area (Å²) < 4.78 is 0. The smallest absolute Gasteiger partial charge is 0.227 e. The normalized spacial score (nSPS) is 17.3. The minimum absolute atomic E-state index is 0.195. The molecule has 21 heavy (non-hydrogen) atoms. The molecule has 114 valence electrons. The summed E-state index contributed by atoms with van der Waals surface area (Å²) in [4.78, 5) is 12.3. The number of rotatable bonds is 4. The van der Waals surface area contributed by atoms with Gasteiger partial charge in [0, 0.05) is 11.6 Å². The van der Waals surface area contributed by atoms with Crippen LogP contribution in [0.4, 0.5) is 5.69 Å². The van der Waals surface area contributed by atoms with Gasteiger partial charge in [0.15, 0.2) is 0 Å². The lowest BCUT2D eigenvalue weighted by molar-refractivity contribution is -0.120. The van der Waals surface area contributed by atoms with Crippen LogP contribution >= 0.6 is 0 Å².